The van der Waals surface area contributed by atoms with E-state index >= 15 is 0 Å². The van der Waals surface area contributed by atoms with Crippen LogP contribution in [0.4, 0.5) is 13.2 Å². The van der Waals surface area contributed by atoms with Crippen molar-refractivity contribution in [3.63, 3.8) is 0 Å². The summed E-state index contributed by atoms with van der Waals surface area (Å²) in [7, 11) is 0. The van der Waals surface area contributed by atoms with Gasteiger partial charge in [-0.2, -0.15) is 0 Å². The molecule has 0 radical (unpaired) electrons. The topological polar surface area (TPSA) is 94.7 Å². The predicted octanol–water partition coefficient (Wildman–Crippen LogP) is 8.20. The van der Waals surface area contributed by atoms with E-state index in [1.165, 1.54) is 18.2 Å². The average molecular weight is 561 g/mol. The Balaban J connectivity index is 1.63. The highest BCUT2D eigenvalue weighted by Crippen LogP contribution is 2.39. The summed E-state index contributed by atoms with van der Waals surface area (Å²) in [5.74, 6) is -0.535. The Bertz CT molecular complexity index is 1490. The molecule has 1 N–H and O–H groups in total. The number of alkyl halides is 3. The molecular weight excluding hydrogens is 533 g/mol. The molecule has 0 saturated carbocycles. The zero-order chi connectivity index (χ0) is 28.5. The number of aryl methyl sites for hydroxylation is 1. The lowest BCUT2D eigenvalue weighted by atomic mass is 10.0. The summed E-state index contributed by atoms with van der Waals surface area (Å²) < 4.78 is 54.8. The summed E-state index contributed by atoms with van der Waals surface area (Å²) in [6.45, 7) is 9.42. The fourth-order valence-electron chi connectivity index (χ4n) is 4.12. The highest BCUT2D eigenvalue weighted by Gasteiger charge is 2.33. The maximum Gasteiger partial charge on any atom is 0.573 e. The molecule has 0 bridgehead atoms. The third kappa shape index (κ3) is 6.25. The minimum Gasteiger partial charge on any atom is -0.489 e. The molecule has 0 saturated heterocycles. The number of benzene rings is 2. The fraction of sp³-hybridized carbons (Fsp3) is 0.321. The van der Waals surface area contributed by atoms with Crippen molar-refractivity contribution in [2.45, 2.75) is 59.4 Å². The molecule has 2 heterocycles. The second-order valence-electron chi connectivity index (χ2n) is 9.53. The van der Waals surface area contributed by atoms with Crippen LogP contribution in [-0.4, -0.2) is 27.6 Å². The third-order valence-corrected chi connectivity index (χ3v) is 7.01. The molecule has 0 spiro atoms. The molecule has 39 heavy (non-hydrogen) atoms. The number of thiazole rings is 1. The zero-order valence-corrected chi connectivity index (χ0v) is 22.7. The van der Waals surface area contributed by atoms with Crippen molar-refractivity contribution in [2.24, 2.45) is 0 Å². The molecular formula is C28H27F3N2O5S. The van der Waals surface area contributed by atoms with Gasteiger partial charge in [-0.05, 0) is 48.7 Å². The van der Waals surface area contributed by atoms with Gasteiger partial charge in [-0.15, -0.1) is 24.5 Å². The van der Waals surface area contributed by atoms with Gasteiger partial charge in [0.15, 0.2) is 0 Å². The largest absolute Gasteiger partial charge is 0.573 e. The molecule has 0 unspecified atom stereocenters. The van der Waals surface area contributed by atoms with Gasteiger partial charge in [-0.1, -0.05) is 45.0 Å². The van der Waals surface area contributed by atoms with E-state index in [2.05, 4.69) is 14.9 Å². The van der Waals surface area contributed by atoms with Crippen LogP contribution in [0.25, 0.3) is 21.8 Å². The predicted molar refractivity (Wildman–Crippen MR) is 140 cm³/mol. The van der Waals surface area contributed by atoms with Crippen molar-refractivity contribution in [1.29, 1.82) is 0 Å². The average Bonchev–Trinajstić information content (AvgIpc) is 3.47. The molecule has 0 atom stereocenters. The minimum atomic E-state index is -4.87. The Kier molecular flexibility index (Phi) is 8.01. The number of para-hydroxylation sites is 1. The zero-order valence-electron chi connectivity index (χ0n) is 21.9. The third-order valence-electron chi connectivity index (χ3n) is 5.92. The van der Waals surface area contributed by atoms with E-state index in [9.17, 15) is 23.1 Å². The van der Waals surface area contributed by atoms with Gasteiger partial charge < -0.3 is 19.1 Å². The first kappa shape index (κ1) is 28.2. The van der Waals surface area contributed by atoms with Crippen LogP contribution in [0.5, 0.6) is 11.5 Å². The Morgan fingerprint density at radius 1 is 1.08 bits per heavy atom. The first-order valence-electron chi connectivity index (χ1n) is 12.2. The standard InChI is InChI=1S/C28H27F3N2O5S/c1-14(2)22-25(27(34)35)39-26(32-22)18-11-10-17(12-16(18)5)36-13-20-23(33-38-24(20)15(3)4)19-8-6-7-9-21(19)37-28(29,30)31/h6-12,14-15H,13H2,1-5H3,(H,34,35). The lowest BCUT2D eigenvalue weighted by Crippen LogP contribution is -2.17. The molecule has 206 valence electrons. The van der Waals surface area contributed by atoms with E-state index in [0.717, 1.165) is 22.5 Å². The number of rotatable bonds is 9. The Morgan fingerprint density at radius 3 is 2.38 bits per heavy atom. The van der Waals surface area contributed by atoms with E-state index in [1.54, 1.807) is 18.2 Å². The molecule has 11 heteroatoms. The molecule has 2 aromatic heterocycles. The van der Waals surface area contributed by atoms with Crippen molar-refractivity contribution < 1.29 is 37.1 Å². The van der Waals surface area contributed by atoms with Gasteiger partial charge in [-0.25, -0.2) is 9.78 Å². The van der Waals surface area contributed by atoms with E-state index in [0.29, 0.717) is 27.8 Å². The maximum absolute atomic E-state index is 13.0. The van der Waals surface area contributed by atoms with Gasteiger partial charge in [0.2, 0.25) is 0 Å². The maximum atomic E-state index is 13.0. The second-order valence-corrected chi connectivity index (χ2v) is 10.5. The molecule has 4 rings (SSSR count). The smallest absolute Gasteiger partial charge is 0.489 e. The molecule has 4 aromatic rings. The Morgan fingerprint density at radius 2 is 1.79 bits per heavy atom. The number of hydrogen-bond acceptors (Lipinski definition) is 7. The van der Waals surface area contributed by atoms with Crippen molar-refractivity contribution >= 4 is 17.3 Å². The number of carbonyl (C=O) groups is 1. The SMILES string of the molecule is Cc1cc(OCc2c(-c3ccccc3OC(F)(F)F)noc2C(C)C)ccc1-c1nc(C(C)C)c(C(=O)O)s1. The van der Waals surface area contributed by atoms with Crippen LogP contribution in [0.1, 0.15) is 71.8 Å². The minimum absolute atomic E-state index is 0.0105. The lowest BCUT2D eigenvalue weighted by Gasteiger charge is -2.14. The van der Waals surface area contributed by atoms with Crippen LogP contribution in [0, 0.1) is 6.92 Å². The molecule has 0 amide bonds. The van der Waals surface area contributed by atoms with Gasteiger partial charge >= 0.3 is 12.3 Å². The van der Waals surface area contributed by atoms with Crippen LogP contribution in [-0.2, 0) is 6.61 Å². The van der Waals surface area contributed by atoms with Crippen LogP contribution in [0.15, 0.2) is 47.0 Å². The highest BCUT2D eigenvalue weighted by molar-refractivity contribution is 7.17. The van der Waals surface area contributed by atoms with Gasteiger partial charge in [0, 0.05) is 17.0 Å². The number of ether oxygens (including phenoxy) is 2. The number of nitrogens with zero attached hydrogens (tertiary/aromatic N) is 2. The highest BCUT2D eigenvalue weighted by atomic mass is 32.1. The summed E-state index contributed by atoms with van der Waals surface area (Å²) in [6.07, 6.45) is -4.87. The summed E-state index contributed by atoms with van der Waals surface area (Å²) >= 11 is 1.13. The number of aromatic nitrogens is 2. The van der Waals surface area contributed by atoms with Gasteiger partial charge in [0.25, 0.3) is 0 Å². The van der Waals surface area contributed by atoms with Crippen molar-refractivity contribution in [2.75, 3.05) is 0 Å². The van der Waals surface area contributed by atoms with Crippen LogP contribution in [0.3, 0.4) is 0 Å². The first-order valence-corrected chi connectivity index (χ1v) is 13.0. The summed E-state index contributed by atoms with van der Waals surface area (Å²) in [5, 5.41) is 14.2. The number of halogens is 3. The van der Waals surface area contributed by atoms with Crippen molar-refractivity contribution in [1.82, 2.24) is 10.1 Å². The van der Waals surface area contributed by atoms with E-state index < -0.39 is 12.3 Å². The number of hydrogen-bond donors (Lipinski definition) is 1. The fourth-order valence-corrected chi connectivity index (χ4v) is 5.27. The summed E-state index contributed by atoms with van der Waals surface area (Å²) in [4.78, 5) is 16.5. The summed E-state index contributed by atoms with van der Waals surface area (Å²) in [6, 6.07) is 11.1. The van der Waals surface area contributed by atoms with Gasteiger partial charge in [-0.3, -0.25) is 0 Å². The Labute approximate surface area is 227 Å². The summed E-state index contributed by atoms with van der Waals surface area (Å²) in [5.41, 5.74) is 3.00. The monoisotopic (exact) mass is 560 g/mol. The van der Waals surface area contributed by atoms with Crippen LogP contribution in [0.2, 0.25) is 0 Å². The molecule has 0 fully saturated rings. The number of aromatic carboxylic acids is 1. The number of carboxylic acid groups (broad SMARTS) is 1. The lowest BCUT2D eigenvalue weighted by molar-refractivity contribution is -0.274. The quantitative estimate of drug-likeness (QED) is 0.220. The molecule has 0 aliphatic rings. The van der Waals surface area contributed by atoms with Crippen LogP contribution < -0.4 is 9.47 Å². The van der Waals surface area contributed by atoms with Gasteiger partial charge in [0.1, 0.15) is 39.4 Å². The normalized spacial score (nSPS) is 11.8. The molecule has 0 aliphatic heterocycles. The van der Waals surface area contributed by atoms with E-state index in [-0.39, 0.29) is 40.3 Å². The van der Waals surface area contributed by atoms with Crippen LogP contribution >= 0.6 is 11.3 Å². The van der Waals surface area contributed by atoms with E-state index in [4.69, 9.17) is 9.26 Å². The Hall–Kier alpha value is -3.86. The molecule has 0 aliphatic carbocycles. The van der Waals surface area contributed by atoms with Gasteiger partial charge in [0.05, 0.1) is 11.3 Å². The first-order chi connectivity index (χ1) is 18.4. The molecule has 2 aromatic carbocycles. The second kappa shape index (κ2) is 11.1. The van der Waals surface area contributed by atoms with Crippen molar-refractivity contribution in [3.8, 4) is 33.3 Å². The molecule has 7 nitrogen and oxygen atoms in total. The number of carboxylic acids is 1. The van der Waals surface area contributed by atoms with Crippen molar-refractivity contribution in [3.05, 3.63) is 69.9 Å². The van der Waals surface area contributed by atoms with E-state index in [1.807, 2.05) is 40.7 Å².